The van der Waals surface area contributed by atoms with E-state index in [9.17, 15) is 14.9 Å². The molecule has 1 N–H and O–H groups in total. The molecular formula is C19H21ClN2O5. The van der Waals surface area contributed by atoms with Crippen molar-refractivity contribution in [2.75, 3.05) is 20.8 Å². The molecule has 1 amide bonds. The zero-order valence-corrected chi connectivity index (χ0v) is 16.1. The molecular weight excluding hydrogens is 372 g/mol. The van der Waals surface area contributed by atoms with Gasteiger partial charge in [0.25, 0.3) is 5.91 Å². The summed E-state index contributed by atoms with van der Waals surface area (Å²) in [5, 5.41) is 12.2. The van der Waals surface area contributed by atoms with E-state index in [1.54, 1.807) is 19.1 Å². The van der Waals surface area contributed by atoms with Gasteiger partial charge in [0.2, 0.25) is 0 Å². The average molecular weight is 393 g/mol. The minimum atomic E-state index is -0.921. The summed E-state index contributed by atoms with van der Waals surface area (Å²) in [4.78, 5) is 23.7. The second-order valence-electron chi connectivity index (χ2n) is 6.32. The summed E-state index contributed by atoms with van der Waals surface area (Å²) in [7, 11) is 2.95. The molecule has 144 valence electrons. The van der Waals surface area contributed by atoms with Gasteiger partial charge in [-0.05, 0) is 49.5 Å². The van der Waals surface area contributed by atoms with E-state index in [2.05, 4.69) is 11.4 Å². The molecule has 7 nitrogen and oxygen atoms in total. The summed E-state index contributed by atoms with van der Waals surface area (Å²) in [6.07, 6.45) is 4.47. The Bertz CT molecular complexity index is 798. The van der Waals surface area contributed by atoms with Gasteiger partial charge in [-0.2, -0.15) is 5.26 Å². The topological polar surface area (TPSA) is 97.6 Å². The van der Waals surface area contributed by atoms with Crippen LogP contribution in [-0.4, -0.2) is 38.2 Å². The maximum Gasteiger partial charge on any atom is 0.331 e. The molecule has 0 bridgehead atoms. The van der Waals surface area contributed by atoms with Crippen molar-refractivity contribution in [1.29, 1.82) is 5.26 Å². The first-order valence-electron chi connectivity index (χ1n) is 8.31. The molecule has 1 atom stereocenters. The molecule has 0 spiro atoms. The maximum atomic E-state index is 11.9. The number of rotatable bonds is 8. The largest absolute Gasteiger partial charge is 0.493 e. The van der Waals surface area contributed by atoms with Crippen LogP contribution in [0.2, 0.25) is 5.02 Å². The Morgan fingerprint density at radius 2 is 2.07 bits per heavy atom. The quantitative estimate of drug-likeness (QED) is 0.539. The molecule has 1 saturated carbocycles. The van der Waals surface area contributed by atoms with E-state index < -0.39 is 24.0 Å². The standard InChI is InChI=1S/C19H21ClN2O5/c1-19(11-21,13-5-6-13)22-16(23)10-27-17(24)7-4-12-8-14(20)18(26-3)15(9-12)25-2/h4,7-9,13H,5-6,10H2,1-3H3,(H,22,23)/b7-4+/t19-/m1/s1. The smallest absolute Gasteiger partial charge is 0.331 e. The van der Waals surface area contributed by atoms with Gasteiger partial charge in [0.05, 0.1) is 25.3 Å². The number of halogens is 1. The summed E-state index contributed by atoms with van der Waals surface area (Å²) in [6.45, 7) is 1.21. The van der Waals surface area contributed by atoms with Crippen LogP contribution in [0.15, 0.2) is 18.2 Å². The Morgan fingerprint density at radius 1 is 1.37 bits per heavy atom. The van der Waals surface area contributed by atoms with Crippen molar-refractivity contribution in [2.45, 2.75) is 25.3 Å². The third-order valence-electron chi connectivity index (χ3n) is 4.24. The Morgan fingerprint density at radius 3 is 2.63 bits per heavy atom. The Kier molecular flexibility index (Phi) is 6.70. The lowest BCUT2D eigenvalue weighted by molar-refractivity contribution is -0.144. The van der Waals surface area contributed by atoms with Gasteiger partial charge in [0, 0.05) is 6.08 Å². The number of amides is 1. The van der Waals surface area contributed by atoms with Gasteiger partial charge in [-0.25, -0.2) is 4.79 Å². The van der Waals surface area contributed by atoms with Crippen molar-refractivity contribution in [3.8, 4) is 17.6 Å². The summed E-state index contributed by atoms with van der Waals surface area (Å²) >= 11 is 6.10. The summed E-state index contributed by atoms with van der Waals surface area (Å²) in [6, 6.07) is 5.36. The van der Waals surface area contributed by atoms with Gasteiger partial charge < -0.3 is 19.5 Å². The van der Waals surface area contributed by atoms with Crippen LogP contribution < -0.4 is 14.8 Å². The van der Waals surface area contributed by atoms with E-state index >= 15 is 0 Å². The fourth-order valence-corrected chi connectivity index (χ4v) is 2.89. The number of carbonyl (C=O) groups is 2. The van der Waals surface area contributed by atoms with Crippen LogP contribution >= 0.6 is 11.6 Å². The number of carbonyl (C=O) groups excluding carboxylic acids is 2. The Hall–Kier alpha value is -2.72. The predicted molar refractivity (Wildman–Crippen MR) is 99.4 cm³/mol. The Balaban J connectivity index is 1.91. The second-order valence-corrected chi connectivity index (χ2v) is 6.72. The fraction of sp³-hybridized carbons (Fsp3) is 0.421. The van der Waals surface area contributed by atoms with Crippen LogP contribution in [0.5, 0.6) is 11.5 Å². The van der Waals surface area contributed by atoms with Crippen molar-refractivity contribution >= 4 is 29.6 Å². The van der Waals surface area contributed by atoms with Gasteiger partial charge >= 0.3 is 5.97 Å². The van der Waals surface area contributed by atoms with Crippen molar-refractivity contribution in [3.63, 3.8) is 0 Å². The molecule has 0 aromatic heterocycles. The zero-order valence-electron chi connectivity index (χ0n) is 15.4. The SMILES string of the molecule is COc1cc(/C=C/C(=O)OCC(=O)N[C@](C)(C#N)C2CC2)cc(Cl)c1OC. The highest BCUT2D eigenvalue weighted by atomic mass is 35.5. The van der Waals surface area contributed by atoms with Gasteiger partial charge in [-0.15, -0.1) is 0 Å². The number of hydrogen-bond acceptors (Lipinski definition) is 6. The van der Waals surface area contributed by atoms with Crippen LogP contribution in [0.25, 0.3) is 6.08 Å². The number of nitriles is 1. The molecule has 1 aromatic rings. The van der Waals surface area contributed by atoms with E-state index in [4.69, 9.17) is 25.8 Å². The number of nitrogens with zero attached hydrogens (tertiary/aromatic N) is 1. The highest BCUT2D eigenvalue weighted by Gasteiger charge is 2.43. The van der Waals surface area contributed by atoms with E-state index in [0.717, 1.165) is 12.8 Å². The number of esters is 1. The van der Waals surface area contributed by atoms with Gasteiger partial charge in [-0.3, -0.25) is 4.79 Å². The van der Waals surface area contributed by atoms with Crippen LogP contribution in [0.4, 0.5) is 0 Å². The summed E-state index contributed by atoms with van der Waals surface area (Å²) in [5.41, 5.74) is -0.319. The molecule has 0 heterocycles. The van der Waals surface area contributed by atoms with Crippen LogP contribution in [0, 0.1) is 17.2 Å². The van der Waals surface area contributed by atoms with E-state index in [0.29, 0.717) is 22.1 Å². The molecule has 1 fully saturated rings. The lowest BCUT2D eigenvalue weighted by Crippen LogP contribution is -2.48. The van der Waals surface area contributed by atoms with Gasteiger partial charge in [0.1, 0.15) is 5.54 Å². The molecule has 0 unspecified atom stereocenters. The molecule has 8 heteroatoms. The van der Waals surface area contributed by atoms with Crippen LogP contribution in [0.1, 0.15) is 25.3 Å². The monoisotopic (exact) mass is 392 g/mol. The molecule has 2 rings (SSSR count). The number of benzene rings is 1. The molecule has 1 aromatic carbocycles. The van der Waals surface area contributed by atoms with Crippen molar-refractivity contribution in [1.82, 2.24) is 5.32 Å². The highest BCUT2D eigenvalue weighted by Crippen LogP contribution is 2.39. The fourth-order valence-electron chi connectivity index (χ4n) is 2.59. The first-order valence-corrected chi connectivity index (χ1v) is 8.69. The third kappa shape index (κ3) is 5.38. The molecule has 1 aliphatic rings. The molecule has 0 radical (unpaired) electrons. The van der Waals surface area contributed by atoms with Crippen LogP contribution in [-0.2, 0) is 14.3 Å². The van der Waals surface area contributed by atoms with Crippen molar-refractivity contribution < 1.29 is 23.8 Å². The predicted octanol–water partition coefficient (Wildman–Crippen LogP) is 2.72. The van der Waals surface area contributed by atoms with Crippen LogP contribution in [0.3, 0.4) is 0 Å². The molecule has 1 aliphatic carbocycles. The summed E-state index contributed by atoms with van der Waals surface area (Å²) in [5.74, 6) is -0.236. The molecule has 27 heavy (non-hydrogen) atoms. The van der Waals surface area contributed by atoms with E-state index in [-0.39, 0.29) is 5.92 Å². The third-order valence-corrected chi connectivity index (χ3v) is 4.52. The minimum absolute atomic E-state index is 0.150. The van der Waals surface area contributed by atoms with E-state index in [1.165, 1.54) is 26.4 Å². The number of ether oxygens (including phenoxy) is 3. The van der Waals surface area contributed by atoms with Crippen molar-refractivity contribution in [2.24, 2.45) is 5.92 Å². The maximum absolute atomic E-state index is 11.9. The number of nitrogens with one attached hydrogen (secondary N) is 1. The lowest BCUT2D eigenvalue weighted by Gasteiger charge is -2.22. The molecule has 0 saturated heterocycles. The first kappa shape index (κ1) is 20.6. The second kappa shape index (κ2) is 8.78. The van der Waals surface area contributed by atoms with Gasteiger partial charge in [0.15, 0.2) is 18.1 Å². The lowest BCUT2D eigenvalue weighted by atomic mass is 9.98. The minimum Gasteiger partial charge on any atom is -0.493 e. The number of hydrogen-bond donors (Lipinski definition) is 1. The first-order chi connectivity index (χ1) is 12.8. The average Bonchev–Trinajstić information content (AvgIpc) is 3.49. The van der Waals surface area contributed by atoms with Gasteiger partial charge in [-0.1, -0.05) is 11.6 Å². The normalized spacial score (nSPS) is 15.5. The van der Waals surface area contributed by atoms with Crippen molar-refractivity contribution in [3.05, 3.63) is 28.8 Å². The zero-order chi connectivity index (χ0) is 20.0. The highest BCUT2D eigenvalue weighted by molar-refractivity contribution is 6.32. The summed E-state index contributed by atoms with van der Waals surface area (Å²) < 4.78 is 15.2. The Labute approximate surface area is 162 Å². The molecule has 0 aliphatic heterocycles. The van der Waals surface area contributed by atoms with E-state index in [1.807, 2.05) is 0 Å². The number of methoxy groups -OCH3 is 2.